The summed E-state index contributed by atoms with van der Waals surface area (Å²) in [6, 6.07) is 0.695. The van der Waals surface area contributed by atoms with E-state index < -0.39 is 5.60 Å². The van der Waals surface area contributed by atoms with Gasteiger partial charge in [0.25, 0.3) is 0 Å². The molecule has 106 valence electrons. The maximum Gasteiger partial charge on any atom is 0.407 e. The van der Waals surface area contributed by atoms with E-state index in [4.69, 9.17) is 4.74 Å². The van der Waals surface area contributed by atoms with Crippen LogP contribution in [-0.4, -0.2) is 30.3 Å². The van der Waals surface area contributed by atoms with Gasteiger partial charge in [0.2, 0.25) is 0 Å². The van der Waals surface area contributed by atoms with Crippen molar-refractivity contribution in [1.29, 1.82) is 0 Å². The molecule has 0 aliphatic heterocycles. The minimum absolute atomic E-state index is 0.203. The van der Waals surface area contributed by atoms with Crippen molar-refractivity contribution in [3.05, 3.63) is 0 Å². The summed E-state index contributed by atoms with van der Waals surface area (Å²) in [6.45, 7) is 10.8. The lowest BCUT2D eigenvalue weighted by atomic mass is 10.1. The van der Waals surface area contributed by atoms with E-state index in [9.17, 15) is 4.79 Å². The molecule has 1 amide bonds. The summed E-state index contributed by atoms with van der Waals surface area (Å²) in [7, 11) is 0. The van der Waals surface area contributed by atoms with Crippen LogP contribution in [0.2, 0.25) is 0 Å². The number of nitrogens with one attached hydrogen (secondary N) is 2. The summed E-state index contributed by atoms with van der Waals surface area (Å²) in [6.07, 6.45) is 3.22. The lowest BCUT2D eigenvalue weighted by Gasteiger charge is -2.24. The second-order valence-corrected chi connectivity index (χ2v) is 6.31. The first-order valence-electron chi connectivity index (χ1n) is 7.04. The van der Waals surface area contributed by atoms with Gasteiger partial charge >= 0.3 is 6.09 Å². The van der Waals surface area contributed by atoms with E-state index in [1.54, 1.807) is 0 Å². The Labute approximate surface area is 111 Å². The van der Waals surface area contributed by atoms with Gasteiger partial charge in [-0.1, -0.05) is 6.92 Å². The van der Waals surface area contributed by atoms with Gasteiger partial charge in [0.05, 0.1) is 0 Å². The number of amides is 1. The highest BCUT2D eigenvalue weighted by molar-refractivity contribution is 5.68. The molecule has 4 heteroatoms. The number of carbonyl (C=O) groups is 1. The topological polar surface area (TPSA) is 50.4 Å². The normalized spacial score (nSPS) is 19.2. The Morgan fingerprint density at radius 1 is 1.39 bits per heavy atom. The summed E-state index contributed by atoms with van der Waals surface area (Å²) < 4.78 is 5.30. The molecule has 18 heavy (non-hydrogen) atoms. The van der Waals surface area contributed by atoms with Gasteiger partial charge in [0.15, 0.2) is 0 Å². The molecule has 0 aromatic heterocycles. The fourth-order valence-corrected chi connectivity index (χ4v) is 1.77. The third kappa shape index (κ3) is 6.24. The van der Waals surface area contributed by atoms with Crippen LogP contribution in [0, 0.1) is 5.92 Å². The fraction of sp³-hybridized carbons (Fsp3) is 0.929. The minimum atomic E-state index is -0.428. The van der Waals surface area contributed by atoms with Gasteiger partial charge in [-0.05, 0) is 52.9 Å². The average Bonchev–Trinajstić information content (AvgIpc) is 3.04. The van der Waals surface area contributed by atoms with E-state index >= 15 is 0 Å². The van der Waals surface area contributed by atoms with Crippen LogP contribution in [-0.2, 0) is 4.74 Å². The highest BCUT2D eigenvalue weighted by atomic mass is 16.6. The van der Waals surface area contributed by atoms with Crippen molar-refractivity contribution in [2.45, 2.75) is 71.6 Å². The molecule has 1 aliphatic rings. The zero-order chi connectivity index (χ0) is 13.8. The highest BCUT2D eigenvalue weighted by Crippen LogP contribution is 2.32. The van der Waals surface area contributed by atoms with E-state index in [1.807, 2.05) is 20.8 Å². The Hall–Kier alpha value is -0.770. The van der Waals surface area contributed by atoms with Crippen LogP contribution in [0.4, 0.5) is 4.79 Å². The van der Waals surface area contributed by atoms with Gasteiger partial charge in [-0.25, -0.2) is 4.79 Å². The number of alkyl carbamates (subject to hydrolysis) is 1. The fourth-order valence-electron chi connectivity index (χ4n) is 1.77. The molecule has 2 atom stereocenters. The molecule has 1 fully saturated rings. The van der Waals surface area contributed by atoms with Crippen molar-refractivity contribution in [2.24, 2.45) is 5.92 Å². The molecule has 1 saturated carbocycles. The molecular weight excluding hydrogens is 228 g/mol. The van der Waals surface area contributed by atoms with Crippen LogP contribution in [0.25, 0.3) is 0 Å². The summed E-state index contributed by atoms with van der Waals surface area (Å²) >= 11 is 0. The predicted octanol–water partition coefficient (Wildman–Crippen LogP) is 2.68. The van der Waals surface area contributed by atoms with Crippen molar-refractivity contribution in [1.82, 2.24) is 10.6 Å². The predicted molar refractivity (Wildman–Crippen MR) is 73.6 cm³/mol. The molecule has 0 aromatic carbocycles. The second-order valence-electron chi connectivity index (χ2n) is 6.31. The zero-order valence-electron chi connectivity index (χ0n) is 12.4. The first-order valence-corrected chi connectivity index (χ1v) is 7.04. The number of hydrogen-bond acceptors (Lipinski definition) is 3. The van der Waals surface area contributed by atoms with Crippen LogP contribution < -0.4 is 10.6 Å². The third-order valence-corrected chi connectivity index (χ3v) is 3.19. The van der Waals surface area contributed by atoms with E-state index in [1.165, 1.54) is 12.8 Å². The highest BCUT2D eigenvalue weighted by Gasteiger charge is 2.33. The van der Waals surface area contributed by atoms with E-state index in [0.29, 0.717) is 12.0 Å². The second kappa shape index (κ2) is 6.41. The van der Waals surface area contributed by atoms with Crippen molar-refractivity contribution in [2.75, 3.05) is 6.54 Å². The van der Waals surface area contributed by atoms with Gasteiger partial charge in [-0.15, -0.1) is 0 Å². The molecule has 4 nitrogen and oxygen atoms in total. The summed E-state index contributed by atoms with van der Waals surface area (Å²) in [4.78, 5) is 11.8. The van der Waals surface area contributed by atoms with Gasteiger partial charge in [-0.3, -0.25) is 0 Å². The molecule has 2 unspecified atom stereocenters. The number of carbonyl (C=O) groups excluding carboxylic acids is 1. The Kier molecular flexibility index (Phi) is 5.45. The lowest BCUT2D eigenvalue weighted by molar-refractivity contribution is 0.0496. The van der Waals surface area contributed by atoms with Crippen LogP contribution in [0.15, 0.2) is 0 Å². The van der Waals surface area contributed by atoms with Gasteiger partial charge in [0, 0.05) is 18.6 Å². The molecular formula is C14H28N2O2. The van der Waals surface area contributed by atoms with Crippen LogP contribution in [0.1, 0.15) is 53.9 Å². The molecule has 1 aliphatic carbocycles. The first kappa shape index (κ1) is 15.3. The monoisotopic (exact) mass is 256 g/mol. The smallest absolute Gasteiger partial charge is 0.407 e. The molecule has 0 heterocycles. The third-order valence-electron chi connectivity index (χ3n) is 3.19. The van der Waals surface area contributed by atoms with Gasteiger partial charge < -0.3 is 15.4 Å². The molecule has 0 aromatic rings. The zero-order valence-corrected chi connectivity index (χ0v) is 12.4. The Morgan fingerprint density at radius 2 is 2.00 bits per heavy atom. The minimum Gasteiger partial charge on any atom is -0.444 e. The summed E-state index contributed by atoms with van der Waals surface area (Å²) in [5.41, 5.74) is -0.428. The Morgan fingerprint density at radius 3 is 2.44 bits per heavy atom. The summed E-state index contributed by atoms with van der Waals surface area (Å²) in [5, 5.41) is 6.44. The van der Waals surface area contributed by atoms with Crippen molar-refractivity contribution in [3.63, 3.8) is 0 Å². The molecule has 0 radical (unpaired) electrons. The molecule has 0 spiro atoms. The van der Waals surface area contributed by atoms with E-state index in [-0.39, 0.29) is 12.1 Å². The summed E-state index contributed by atoms with van der Waals surface area (Å²) in [5.74, 6) is 0.620. The van der Waals surface area contributed by atoms with Crippen LogP contribution in [0.3, 0.4) is 0 Å². The van der Waals surface area contributed by atoms with E-state index in [2.05, 4.69) is 24.5 Å². The number of rotatable bonds is 6. The molecule has 0 bridgehead atoms. The molecule has 1 rings (SSSR count). The first-order chi connectivity index (χ1) is 8.31. The standard InChI is InChI=1S/C14H28N2O2/c1-6-10(2)15-9-12(11-7-8-11)16-13(17)18-14(3,4)5/h10-12,15H,6-9H2,1-5H3,(H,16,17). The van der Waals surface area contributed by atoms with Crippen molar-refractivity contribution in [3.8, 4) is 0 Å². The Bertz CT molecular complexity index is 269. The van der Waals surface area contributed by atoms with Gasteiger partial charge in [0.1, 0.15) is 5.60 Å². The average molecular weight is 256 g/mol. The van der Waals surface area contributed by atoms with Crippen LogP contribution >= 0.6 is 0 Å². The maximum atomic E-state index is 11.8. The van der Waals surface area contributed by atoms with Crippen LogP contribution in [0.5, 0.6) is 0 Å². The quantitative estimate of drug-likeness (QED) is 0.768. The molecule has 2 N–H and O–H groups in total. The van der Waals surface area contributed by atoms with Crippen molar-refractivity contribution >= 4 is 6.09 Å². The Balaban J connectivity index is 2.36. The largest absolute Gasteiger partial charge is 0.444 e. The van der Waals surface area contributed by atoms with E-state index in [0.717, 1.165) is 13.0 Å². The SMILES string of the molecule is CCC(C)NCC(NC(=O)OC(C)(C)C)C1CC1. The number of hydrogen-bond donors (Lipinski definition) is 2. The maximum absolute atomic E-state index is 11.8. The van der Waals surface area contributed by atoms with Crippen molar-refractivity contribution < 1.29 is 9.53 Å². The number of ether oxygens (including phenoxy) is 1. The molecule has 0 saturated heterocycles. The van der Waals surface area contributed by atoms with Gasteiger partial charge in [-0.2, -0.15) is 0 Å². The lowest BCUT2D eigenvalue weighted by Crippen LogP contribution is -2.47.